The SMILES string of the molecule is CN(C(=O)N(C)P(c1ccccc1)C(C)(C)C)P(c1ccccc1)C(C)(C)C. The first kappa shape index (κ1) is 22.9. The molecule has 0 bridgehead atoms. The molecule has 0 aliphatic carbocycles. The van der Waals surface area contributed by atoms with Crippen LogP contribution in [-0.4, -0.2) is 39.8 Å². The fraction of sp³-hybridized carbons (Fsp3) is 0.435. The molecule has 0 fully saturated rings. The molecule has 0 saturated carbocycles. The van der Waals surface area contributed by atoms with E-state index in [9.17, 15) is 4.79 Å². The number of carbonyl (C=O) groups excluding carboxylic acids is 1. The largest absolute Gasteiger partial charge is 0.326 e. The minimum absolute atomic E-state index is 0.0147. The summed E-state index contributed by atoms with van der Waals surface area (Å²) >= 11 is 0. The maximum Gasteiger partial charge on any atom is 0.326 e. The zero-order chi connectivity index (χ0) is 21.1. The third-order valence-corrected chi connectivity index (χ3v) is 10.1. The van der Waals surface area contributed by atoms with E-state index >= 15 is 0 Å². The van der Waals surface area contributed by atoms with Gasteiger partial charge in [0.2, 0.25) is 0 Å². The van der Waals surface area contributed by atoms with Crippen LogP contribution in [0.2, 0.25) is 0 Å². The van der Waals surface area contributed by atoms with Crippen molar-refractivity contribution in [2.45, 2.75) is 51.9 Å². The topological polar surface area (TPSA) is 23.6 Å². The second kappa shape index (κ2) is 8.93. The van der Waals surface area contributed by atoms with Gasteiger partial charge in [-0.05, 0) is 10.6 Å². The van der Waals surface area contributed by atoms with E-state index in [1.54, 1.807) is 0 Å². The average molecular weight is 416 g/mol. The summed E-state index contributed by atoms with van der Waals surface area (Å²) in [5.41, 5.74) is 0. The molecule has 0 saturated heterocycles. The van der Waals surface area contributed by atoms with E-state index in [4.69, 9.17) is 0 Å². The lowest BCUT2D eigenvalue weighted by atomic mass is 10.3. The number of benzene rings is 2. The van der Waals surface area contributed by atoms with Gasteiger partial charge in [0.05, 0.1) is 0 Å². The Morgan fingerprint density at radius 2 is 0.929 bits per heavy atom. The minimum Gasteiger partial charge on any atom is -0.302 e. The van der Waals surface area contributed by atoms with Gasteiger partial charge < -0.3 is 9.34 Å². The van der Waals surface area contributed by atoms with Crippen molar-refractivity contribution in [3.63, 3.8) is 0 Å². The zero-order valence-electron chi connectivity index (χ0n) is 18.5. The maximum absolute atomic E-state index is 13.7. The van der Waals surface area contributed by atoms with Crippen LogP contribution in [0, 0.1) is 0 Å². The Balaban J connectivity index is 2.40. The van der Waals surface area contributed by atoms with Gasteiger partial charge in [0.15, 0.2) is 0 Å². The highest BCUT2D eigenvalue weighted by molar-refractivity contribution is 7.67. The second-order valence-electron chi connectivity index (χ2n) is 8.97. The van der Waals surface area contributed by atoms with E-state index in [-0.39, 0.29) is 16.3 Å². The Labute approximate surface area is 173 Å². The van der Waals surface area contributed by atoms with Crippen LogP contribution < -0.4 is 10.6 Å². The fourth-order valence-electron chi connectivity index (χ4n) is 3.54. The standard InChI is InChI=1S/C23H34N2OP2/c1-22(2,3)27(19-15-11-9-12-16-19)24(7)21(26)25(8)28(23(4,5)6)20-17-13-10-14-18-20/h9-18H,1-8H3. The first-order valence-corrected chi connectivity index (χ1v) is 12.3. The van der Waals surface area contributed by atoms with Gasteiger partial charge in [-0.25, -0.2) is 4.79 Å². The van der Waals surface area contributed by atoms with Crippen molar-refractivity contribution in [1.29, 1.82) is 0 Å². The highest BCUT2D eigenvalue weighted by Gasteiger charge is 2.38. The first-order valence-electron chi connectivity index (χ1n) is 9.66. The van der Waals surface area contributed by atoms with E-state index in [1.807, 2.05) is 35.6 Å². The van der Waals surface area contributed by atoms with E-state index in [2.05, 4.69) is 90.1 Å². The molecule has 0 spiro atoms. The summed E-state index contributed by atoms with van der Waals surface area (Å²) in [5.74, 6) is 0. The van der Waals surface area contributed by atoms with E-state index in [0.29, 0.717) is 0 Å². The Kier molecular flexibility index (Phi) is 7.29. The first-order chi connectivity index (χ1) is 12.9. The molecule has 2 aromatic carbocycles. The van der Waals surface area contributed by atoms with E-state index in [1.165, 1.54) is 10.6 Å². The molecular weight excluding hydrogens is 382 g/mol. The highest BCUT2D eigenvalue weighted by Crippen LogP contribution is 2.55. The molecule has 28 heavy (non-hydrogen) atoms. The Morgan fingerprint density at radius 1 is 0.643 bits per heavy atom. The molecule has 0 heterocycles. The van der Waals surface area contributed by atoms with Gasteiger partial charge in [-0.1, -0.05) is 102 Å². The third-order valence-electron chi connectivity index (χ3n) is 4.43. The van der Waals surface area contributed by atoms with Crippen LogP contribution in [0.3, 0.4) is 0 Å². The molecule has 5 heteroatoms. The average Bonchev–Trinajstić information content (AvgIpc) is 2.60. The van der Waals surface area contributed by atoms with Crippen molar-refractivity contribution in [3.8, 4) is 0 Å². The smallest absolute Gasteiger partial charge is 0.302 e. The van der Waals surface area contributed by atoms with E-state index < -0.39 is 16.1 Å². The highest BCUT2D eigenvalue weighted by atomic mass is 31.1. The lowest BCUT2D eigenvalue weighted by Gasteiger charge is -2.44. The number of nitrogens with zero attached hydrogens (tertiary/aromatic N) is 2. The molecule has 2 atom stereocenters. The summed E-state index contributed by atoms with van der Waals surface area (Å²) in [5, 5.41) is 2.43. The summed E-state index contributed by atoms with van der Waals surface area (Å²) < 4.78 is 3.96. The van der Waals surface area contributed by atoms with Crippen molar-refractivity contribution in [3.05, 3.63) is 60.7 Å². The fourth-order valence-corrected chi connectivity index (χ4v) is 9.17. The van der Waals surface area contributed by atoms with Crippen LogP contribution in [0.25, 0.3) is 0 Å². The number of hydrogen-bond acceptors (Lipinski definition) is 1. The van der Waals surface area contributed by atoms with Crippen molar-refractivity contribution in [2.75, 3.05) is 14.1 Å². The Bertz CT molecular complexity index is 701. The molecule has 0 aromatic heterocycles. The number of urea groups is 1. The quantitative estimate of drug-likeness (QED) is 0.560. The van der Waals surface area contributed by atoms with Crippen LogP contribution in [0.5, 0.6) is 0 Å². The number of carbonyl (C=O) groups is 1. The molecule has 2 rings (SSSR count). The van der Waals surface area contributed by atoms with Gasteiger partial charge in [-0.3, -0.25) is 0 Å². The lowest BCUT2D eigenvalue weighted by Crippen LogP contribution is -2.42. The normalized spacial score (nSPS) is 14.3. The number of amides is 2. The second-order valence-corrected chi connectivity index (χ2v) is 15.1. The zero-order valence-corrected chi connectivity index (χ0v) is 20.3. The molecule has 0 N–H and O–H groups in total. The van der Waals surface area contributed by atoms with Crippen LogP contribution in [-0.2, 0) is 0 Å². The van der Waals surface area contributed by atoms with Gasteiger partial charge in [-0.2, -0.15) is 0 Å². The minimum atomic E-state index is -0.807. The van der Waals surface area contributed by atoms with Gasteiger partial charge in [-0.15, -0.1) is 0 Å². The number of rotatable bonds is 4. The van der Waals surface area contributed by atoms with Crippen LogP contribution in [0.15, 0.2) is 60.7 Å². The maximum atomic E-state index is 13.7. The van der Waals surface area contributed by atoms with Crippen LogP contribution >= 0.6 is 16.1 Å². The Morgan fingerprint density at radius 3 is 1.18 bits per heavy atom. The predicted octanol–water partition coefficient (Wildman–Crippen LogP) is 6.01. The third kappa shape index (κ3) is 5.34. The van der Waals surface area contributed by atoms with Crippen molar-refractivity contribution in [1.82, 2.24) is 9.34 Å². The van der Waals surface area contributed by atoms with Gasteiger partial charge in [0.1, 0.15) is 0 Å². The molecule has 152 valence electrons. The number of hydrogen-bond donors (Lipinski definition) is 0. The van der Waals surface area contributed by atoms with Crippen molar-refractivity contribution >= 4 is 32.8 Å². The molecule has 0 aliphatic rings. The van der Waals surface area contributed by atoms with Crippen molar-refractivity contribution < 1.29 is 4.79 Å². The molecule has 2 unspecified atom stereocenters. The van der Waals surface area contributed by atoms with Gasteiger partial charge >= 0.3 is 6.03 Å². The van der Waals surface area contributed by atoms with Crippen LogP contribution in [0.4, 0.5) is 4.79 Å². The summed E-state index contributed by atoms with van der Waals surface area (Å²) in [6.07, 6.45) is 0. The van der Waals surface area contributed by atoms with Gasteiger partial charge in [0.25, 0.3) is 0 Å². The van der Waals surface area contributed by atoms with Crippen LogP contribution in [0.1, 0.15) is 41.5 Å². The molecule has 0 radical (unpaired) electrons. The molecular formula is C23H34N2OP2. The molecule has 2 aromatic rings. The van der Waals surface area contributed by atoms with Crippen molar-refractivity contribution in [2.24, 2.45) is 0 Å². The summed E-state index contributed by atoms with van der Waals surface area (Å²) in [4.78, 5) is 13.7. The molecule has 3 nitrogen and oxygen atoms in total. The monoisotopic (exact) mass is 416 g/mol. The molecule has 0 aliphatic heterocycles. The van der Waals surface area contributed by atoms with Gasteiger partial charge in [0, 0.05) is 40.6 Å². The summed E-state index contributed by atoms with van der Waals surface area (Å²) in [6, 6.07) is 21.0. The summed E-state index contributed by atoms with van der Waals surface area (Å²) in [6.45, 7) is 13.3. The molecule has 2 amide bonds. The Hall–Kier alpha value is -1.43. The summed E-state index contributed by atoms with van der Waals surface area (Å²) in [7, 11) is 2.31. The van der Waals surface area contributed by atoms with E-state index in [0.717, 1.165) is 0 Å². The predicted molar refractivity (Wildman–Crippen MR) is 126 cm³/mol. The lowest BCUT2D eigenvalue weighted by molar-refractivity contribution is 0.216.